The van der Waals surface area contributed by atoms with Crippen LogP contribution in [0.15, 0.2) is 24.3 Å². The summed E-state index contributed by atoms with van der Waals surface area (Å²) in [6.07, 6.45) is 5.04. The van der Waals surface area contributed by atoms with Crippen molar-refractivity contribution in [1.82, 2.24) is 16.0 Å². The highest BCUT2D eigenvalue weighted by Gasteiger charge is 2.21. The van der Waals surface area contributed by atoms with Crippen LogP contribution in [0.5, 0.6) is 0 Å². The van der Waals surface area contributed by atoms with E-state index in [9.17, 15) is 14.4 Å². The number of unbranched alkanes of at least 4 members (excludes halogenated alkanes) is 1. The lowest BCUT2D eigenvalue weighted by Gasteiger charge is -2.19. The van der Waals surface area contributed by atoms with Crippen molar-refractivity contribution in [2.45, 2.75) is 65.3 Å². The molecule has 7 nitrogen and oxygen atoms in total. The molecule has 0 heterocycles. The molecule has 1 aromatic carbocycles. The van der Waals surface area contributed by atoms with Crippen LogP contribution >= 0.6 is 0 Å². The maximum Gasteiger partial charge on any atom is 0.312 e. The minimum Gasteiger partial charge on any atom is -0.354 e. The average Bonchev–Trinajstić information content (AvgIpc) is 2.68. The number of nitrogens with one attached hydrogen (secondary N) is 3. The molecule has 1 aromatic rings. The van der Waals surface area contributed by atoms with Crippen molar-refractivity contribution in [3.8, 4) is 0 Å². The zero-order valence-electron chi connectivity index (χ0n) is 17.9. The molecule has 0 saturated carbocycles. The van der Waals surface area contributed by atoms with Gasteiger partial charge in [0, 0.05) is 18.7 Å². The molecule has 7 heteroatoms. The van der Waals surface area contributed by atoms with Crippen molar-refractivity contribution in [3.63, 3.8) is 0 Å². The molecule has 0 bridgehead atoms. The normalized spacial score (nSPS) is 11.7. The molecule has 0 aliphatic carbocycles. The van der Waals surface area contributed by atoms with Crippen LogP contribution in [0.2, 0.25) is 0 Å². The number of benzene rings is 1. The van der Waals surface area contributed by atoms with Gasteiger partial charge >= 0.3 is 6.03 Å². The third-order valence-corrected chi connectivity index (χ3v) is 4.65. The molecule has 0 saturated heterocycles. The van der Waals surface area contributed by atoms with Crippen molar-refractivity contribution in [1.29, 1.82) is 0 Å². The molecule has 0 spiro atoms. The average molecular weight is 405 g/mol. The number of primary amides is 1. The first-order chi connectivity index (χ1) is 13.8. The van der Waals surface area contributed by atoms with Gasteiger partial charge in [0.25, 0.3) is 5.91 Å². The molecule has 0 aliphatic heterocycles. The van der Waals surface area contributed by atoms with E-state index >= 15 is 0 Å². The van der Waals surface area contributed by atoms with Crippen molar-refractivity contribution < 1.29 is 14.4 Å². The van der Waals surface area contributed by atoms with Gasteiger partial charge in [-0.05, 0) is 55.7 Å². The van der Waals surface area contributed by atoms with Crippen molar-refractivity contribution >= 4 is 17.8 Å². The summed E-state index contributed by atoms with van der Waals surface area (Å²) in [4.78, 5) is 36.0. The van der Waals surface area contributed by atoms with E-state index in [0.29, 0.717) is 37.4 Å². The summed E-state index contributed by atoms with van der Waals surface area (Å²) in [6, 6.07) is 6.24. The van der Waals surface area contributed by atoms with Crippen LogP contribution in [0.3, 0.4) is 0 Å². The Morgan fingerprint density at radius 1 is 0.966 bits per heavy atom. The van der Waals surface area contributed by atoms with Crippen LogP contribution in [-0.2, 0) is 11.2 Å². The van der Waals surface area contributed by atoms with Gasteiger partial charge in [-0.2, -0.15) is 0 Å². The molecule has 162 valence electrons. The van der Waals surface area contributed by atoms with Crippen LogP contribution in [0.1, 0.15) is 68.8 Å². The molecule has 1 rings (SSSR count). The van der Waals surface area contributed by atoms with Crippen molar-refractivity contribution in [3.05, 3.63) is 35.4 Å². The third-order valence-electron chi connectivity index (χ3n) is 4.65. The molecule has 0 aliphatic rings. The Hall–Kier alpha value is -2.57. The van der Waals surface area contributed by atoms with Crippen molar-refractivity contribution in [2.75, 3.05) is 13.1 Å². The van der Waals surface area contributed by atoms with Gasteiger partial charge in [0.2, 0.25) is 5.91 Å². The summed E-state index contributed by atoms with van der Waals surface area (Å²) in [5.41, 5.74) is 6.79. The fourth-order valence-corrected chi connectivity index (χ4v) is 2.84. The molecule has 0 fully saturated rings. The van der Waals surface area contributed by atoms with Gasteiger partial charge in [0.1, 0.15) is 6.04 Å². The molecule has 0 radical (unpaired) electrons. The number of rotatable bonds is 13. The summed E-state index contributed by atoms with van der Waals surface area (Å²) < 4.78 is 0. The van der Waals surface area contributed by atoms with Gasteiger partial charge < -0.3 is 21.7 Å². The van der Waals surface area contributed by atoms with Gasteiger partial charge in [0.05, 0.1) is 0 Å². The van der Waals surface area contributed by atoms with E-state index in [1.165, 1.54) is 5.56 Å². The van der Waals surface area contributed by atoms with E-state index in [4.69, 9.17) is 5.73 Å². The molecule has 0 unspecified atom stereocenters. The summed E-state index contributed by atoms with van der Waals surface area (Å²) in [5.74, 6) is -0.00844. The predicted molar refractivity (Wildman–Crippen MR) is 116 cm³/mol. The van der Waals surface area contributed by atoms with Crippen LogP contribution in [0.25, 0.3) is 0 Å². The van der Waals surface area contributed by atoms with Crippen LogP contribution in [0.4, 0.5) is 4.79 Å². The fraction of sp³-hybridized carbons (Fsp3) is 0.591. The second-order valence-corrected chi connectivity index (χ2v) is 7.73. The second-order valence-electron chi connectivity index (χ2n) is 7.73. The second kappa shape index (κ2) is 13.6. The van der Waals surface area contributed by atoms with Crippen LogP contribution in [-0.4, -0.2) is 37.0 Å². The quantitative estimate of drug-likeness (QED) is 0.379. The lowest BCUT2D eigenvalue weighted by Crippen LogP contribution is -2.47. The Morgan fingerprint density at radius 2 is 1.66 bits per heavy atom. The number of hydrogen-bond donors (Lipinski definition) is 4. The van der Waals surface area contributed by atoms with Crippen molar-refractivity contribution in [2.24, 2.45) is 11.7 Å². The van der Waals surface area contributed by atoms with Gasteiger partial charge in [-0.15, -0.1) is 0 Å². The zero-order valence-corrected chi connectivity index (χ0v) is 17.9. The number of aryl methyl sites for hydroxylation is 1. The smallest absolute Gasteiger partial charge is 0.312 e. The topological polar surface area (TPSA) is 113 Å². The van der Waals surface area contributed by atoms with E-state index in [1.54, 1.807) is 12.1 Å². The first-order valence-corrected chi connectivity index (χ1v) is 10.5. The van der Waals surface area contributed by atoms with Gasteiger partial charge in [0.15, 0.2) is 0 Å². The SMILES string of the molecule is CCCCc1ccc(C(=O)N[C@@H](CCCNC(N)=O)C(=O)NCCC(C)C)cc1. The van der Waals surface area contributed by atoms with E-state index in [-0.39, 0.29) is 11.8 Å². The summed E-state index contributed by atoms with van der Waals surface area (Å²) in [7, 11) is 0. The number of urea groups is 1. The van der Waals surface area contributed by atoms with E-state index in [1.807, 2.05) is 12.1 Å². The molecule has 0 aromatic heterocycles. The Balaban J connectivity index is 2.68. The molecule has 29 heavy (non-hydrogen) atoms. The predicted octanol–water partition coefficient (Wildman–Crippen LogP) is 2.74. The minimum atomic E-state index is -0.663. The van der Waals surface area contributed by atoms with E-state index in [0.717, 1.165) is 25.7 Å². The Kier molecular flexibility index (Phi) is 11.5. The van der Waals surface area contributed by atoms with E-state index in [2.05, 4.69) is 36.7 Å². The largest absolute Gasteiger partial charge is 0.354 e. The van der Waals surface area contributed by atoms with Gasteiger partial charge in [-0.25, -0.2) is 4.79 Å². The standard InChI is InChI=1S/C22H36N4O3/c1-4-5-7-17-9-11-18(12-10-17)20(27)26-19(8-6-14-25-22(23)29)21(28)24-15-13-16(2)3/h9-12,16,19H,4-8,13-15H2,1-3H3,(H,24,28)(H,26,27)(H3,23,25,29)/t19-/m0/s1. The minimum absolute atomic E-state index is 0.211. The monoisotopic (exact) mass is 404 g/mol. The lowest BCUT2D eigenvalue weighted by atomic mass is 10.1. The number of amides is 4. The highest BCUT2D eigenvalue weighted by Crippen LogP contribution is 2.09. The zero-order chi connectivity index (χ0) is 21.6. The van der Waals surface area contributed by atoms with Crippen LogP contribution < -0.4 is 21.7 Å². The number of hydrogen-bond acceptors (Lipinski definition) is 3. The first-order valence-electron chi connectivity index (χ1n) is 10.5. The molecule has 4 amide bonds. The summed E-state index contributed by atoms with van der Waals surface area (Å²) in [5, 5.41) is 8.21. The first kappa shape index (κ1) is 24.5. The molecular weight excluding hydrogens is 368 g/mol. The Morgan fingerprint density at radius 3 is 2.24 bits per heavy atom. The van der Waals surface area contributed by atoms with E-state index < -0.39 is 12.1 Å². The highest BCUT2D eigenvalue weighted by atomic mass is 16.2. The molecule has 5 N–H and O–H groups in total. The molecule has 1 atom stereocenters. The highest BCUT2D eigenvalue weighted by molar-refractivity contribution is 5.97. The Labute approximate surface area is 174 Å². The number of carbonyl (C=O) groups excluding carboxylic acids is 3. The third kappa shape index (κ3) is 10.5. The maximum absolute atomic E-state index is 12.6. The lowest BCUT2D eigenvalue weighted by molar-refractivity contribution is -0.123. The fourth-order valence-electron chi connectivity index (χ4n) is 2.84. The summed E-state index contributed by atoms with van der Waals surface area (Å²) >= 11 is 0. The van der Waals surface area contributed by atoms with Gasteiger partial charge in [-0.3, -0.25) is 9.59 Å². The maximum atomic E-state index is 12.6. The van der Waals surface area contributed by atoms with Crippen LogP contribution in [0, 0.1) is 5.92 Å². The Bertz CT molecular complexity index is 644. The number of carbonyl (C=O) groups is 3. The summed E-state index contributed by atoms with van der Waals surface area (Å²) in [6.45, 7) is 7.24. The molecular formula is C22H36N4O3. The van der Waals surface area contributed by atoms with Gasteiger partial charge in [-0.1, -0.05) is 39.3 Å². The number of nitrogens with two attached hydrogens (primary N) is 1.